The SMILES string of the molecule is Brc1cncc2ncncc12. The lowest BCUT2D eigenvalue weighted by molar-refractivity contribution is 1.20. The number of hydrogen-bond donors (Lipinski definition) is 0. The maximum absolute atomic E-state index is 4.04. The van der Waals surface area contributed by atoms with E-state index in [2.05, 4.69) is 30.9 Å². The van der Waals surface area contributed by atoms with Crippen LogP contribution in [-0.2, 0) is 0 Å². The van der Waals surface area contributed by atoms with E-state index in [-0.39, 0.29) is 0 Å². The number of aromatic nitrogens is 3. The fourth-order valence-corrected chi connectivity index (χ4v) is 1.29. The van der Waals surface area contributed by atoms with Crippen molar-refractivity contribution in [1.29, 1.82) is 0 Å². The molecule has 0 aliphatic rings. The molecule has 3 nitrogen and oxygen atoms in total. The van der Waals surface area contributed by atoms with Gasteiger partial charge >= 0.3 is 0 Å². The summed E-state index contributed by atoms with van der Waals surface area (Å²) in [5, 5.41) is 0.988. The van der Waals surface area contributed by atoms with Crippen LogP contribution < -0.4 is 0 Å². The van der Waals surface area contributed by atoms with Crippen molar-refractivity contribution in [3.05, 3.63) is 29.4 Å². The van der Waals surface area contributed by atoms with Gasteiger partial charge in [-0.2, -0.15) is 0 Å². The highest BCUT2D eigenvalue weighted by Gasteiger charge is 1.96. The molecule has 54 valence electrons. The molecule has 0 aliphatic carbocycles. The summed E-state index contributed by atoms with van der Waals surface area (Å²) in [5.74, 6) is 0. The van der Waals surface area contributed by atoms with Crippen LogP contribution in [0.15, 0.2) is 29.4 Å². The highest BCUT2D eigenvalue weighted by Crippen LogP contribution is 2.18. The van der Waals surface area contributed by atoms with E-state index in [0.717, 1.165) is 15.4 Å². The molecule has 4 heteroatoms. The van der Waals surface area contributed by atoms with Crippen LogP contribution in [-0.4, -0.2) is 15.0 Å². The normalized spacial score (nSPS) is 10.3. The molecule has 0 bridgehead atoms. The van der Waals surface area contributed by atoms with Crippen molar-refractivity contribution < 1.29 is 0 Å². The van der Waals surface area contributed by atoms with Gasteiger partial charge in [-0.1, -0.05) is 0 Å². The maximum atomic E-state index is 4.04. The van der Waals surface area contributed by atoms with Crippen LogP contribution in [0.1, 0.15) is 0 Å². The number of pyridine rings is 1. The number of nitrogens with zero attached hydrogens (tertiary/aromatic N) is 3. The minimum Gasteiger partial charge on any atom is -0.261 e. The first kappa shape index (κ1) is 6.67. The van der Waals surface area contributed by atoms with Crippen LogP contribution in [0.2, 0.25) is 0 Å². The monoisotopic (exact) mass is 209 g/mol. The molecular weight excluding hydrogens is 206 g/mol. The van der Waals surface area contributed by atoms with E-state index in [0.29, 0.717) is 0 Å². The second-order valence-corrected chi connectivity index (χ2v) is 2.93. The highest BCUT2D eigenvalue weighted by atomic mass is 79.9. The lowest BCUT2D eigenvalue weighted by Crippen LogP contribution is -1.82. The number of fused-ring (bicyclic) bond motifs is 1. The second kappa shape index (κ2) is 2.54. The molecule has 0 saturated carbocycles. The van der Waals surface area contributed by atoms with Gasteiger partial charge in [0.15, 0.2) is 0 Å². The van der Waals surface area contributed by atoms with Crippen LogP contribution in [0, 0.1) is 0 Å². The Bertz CT molecular complexity index is 383. The lowest BCUT2D eigenvalue weighted by Gasteiger charge is -1.95. The molecule has 11 heavy (non-hydrogen) atoms. The van der Waals surface area contributed by atoms with Gasteiger partial charge in [-0.25, -0.2) is 9.97 Å². The van der Waals surface area contributed by atoms with E-state index in [9.17, 15) is 0 Å². The Morgan fingerprint density at radius 3 is 2.82 bits per heavy atom. The van der Waals surface area contributed by atoms with Crippen molar-refractivity contribution in [2.75, 3.05) is 0 Å². The Kier molecular flexibility index (Phi) is 1.54. The largest absolute Gasteiger partial charge is 0.261 e. The van der Waals surface area contributed by atoms with E-state index in [1.807, 2.05) is 0 Å². The van der Waals surface area contributed by atoms with Crippen LogP contribution in [0.3, 0.4) is 0 Å². The molecule has 2 rings (SSSR count). The second-order valence-electron chi connectivity index (χ2n) is 2.08. The molecule has 0 spiro atoms. The molecule has 2 heterocycles. The Morgan fingerprint density at radius 2 is 2.00 bits per heavy atom. The van der Waals surface area contributed by atoms with Crippen LogP contribution in [0.25, 0.3) is 10.9 Å². The van der Waals surface area contributed by atoms with Gasteiger partial charge in [0.25, 0.3) is 0 Å². The summed E-state index contributed by atoms with van der Waals surface area (Å²) in [6.07, 6.45) is 6.71. The third-order valence-corrected chi connectivity index (χ3v) is 2.02. The third-order valence-electron chi connectivity index (χ3n) is 1.39. The van der Waals surface area contributed by atoms with Crippen LogP contribution in [0.4, 0.5) is 0 Å². The van der Waals surface area contributed by atoms with Gasteiger partial charge in [-0.05, 0) is 15.9 Å². The molecule has 0 unspecified atom stereocenters. The van der Waals surface area contributed by atoms with E-state index >= 15 is 0 Å². The average Bonchev–Trinajstić information content (AvgIpc) is 2.06. The van der Waals surface area contributed by atoms with Gasteiger partial charge < -0.3 is 0 Å². The molecule has 0 radical (unpaired) electrons. The number of halogens is 1. The van der Waals surface area contributed by atoms with Crippen molar-refractivity contribution in [2.45, 2.75) is 0 Å². The Balaban J connectivity index is 2.91. The molecular formula is C7H4BrN3. The Hall–Kier alpha value is -1.03. The van der Waals surface area contributed by atoms with Crippen molar-refractivity contribution in [2.24, 2.45) is 0 Å². The van der Waals surface area contributed by atoms with Gasteiger partial charge in [0.2, 0.25) is 0 Å². The van der Waals surface area contributed by atoms with Crippen LogP contribution in [0.5, 0.6) is 0 Å². The quantitative estimate of drug-likeness (QED) is 0.665. The van der Waals surface area contributed by atoms with Crippen molar-refractivity contribution in [3.8, 4) is 0 Å². The standard InChI is InChI=1S/C7H4BrN3/c8-6-2-9-3-7-5(6)1-10-4-11-7/h1-4H. The Morgan fingerprint density at radius 1 is 1.09 bits per heavy atom. The first-order valence-corrected chi connectivity index (χ1v) is 3.86. The zero-order chi connectivity index (χ0) is 7.68. The fourth-order valence-electron chi connectivity index (χ4n) is 0.869. The average molecular weight is 210 g/mol. The molecule has 0 aliphatic heterocycles. The molecule has 0 saturated heterocycles. The van der Waals surface area contributed by atoms with Crippen molar-refractivity contribution in [3.63, 3.8) is 0 Å². The number of hydrogen-bond acceptors (Lipinski definition) is 3. The van der Waals surface area contributed by atoms with E-state index in [4.69, 9.17) is 0 Å². The minimum absolute atomic E-state index is 0.856. The summed E-state index contributed by atoms with van der Waals surface area (Å²) in [5.41, 5.74) is 0.856. The highest BCUT2D eigenvalue weighted by molar-refractivity contribution is 9.10. The summed E-state index contributed by atoms with van der Waals surface area (Å²) in [4.78, 5) is 11.9. The van der Waals surface area contributed by atoms with Gasteiger partial charge in [-0.15, -0.1) is 0 Å². The molecule has 0 atom stereocenters. The first-order valence-electron chi connectivity index (χ1n) is 3.07. The first-order chi connectivity index (χ1) is 5.38. The van der Waals surface area contributed by atoms with E-state index in [1.165, 1.54) is 6.33 Å². The van der Waals surface area contributed by atoms with Crippen molar-refractivity contribution >= 4 is 26.8 Å². The summed E-state index contributed by atoms with van der Waals surface area (Å²) in [7, 11) is 0. The summed E-state index contributed by atoms with van der Waals surface area (Å²) in [6.45, 7) is 0. The third kappa shape index (κ3) is 1.09. The Labute approximate surface area is 71.6 Å². The van der Waals surface area contributed by atoms with Gasteiger partial charge in [0.05, 0.1) is 11.7 Å². The smallest absolute Gasteiger partial charge is 0.116 e. The maximum Gasteiger partial charge on any atom is 0.116 e. The summed E-state index contributed by atoms with van der Waals surface area (Å²) < 4.78 is 0.926. The van der Waals surface area contributed by atoms with Gasteiger partial charge in [0, 0.05) is 22.3 Å². The van der Waals surface area contributed by atoms with Crippen molar-refractivity contribution in [1.82, 2.24) is 15.0 Å². The van der Waals surface area contributed by atoms with Gasteiger partial charge in [0.1, 0.15) is 6.33 Å². The molecule has 2 aromatic heterocycles. The van der Waals surface area contributed by atoms with E-state index in [1.54, 1.807) is 18.6 Å². The van der Waals surface area contributed by atoms with E-state index < -0.39 is 0 Å². The number of rotatable bonds is 0. The predicted octanol–water partition coefficient (Wildman–Crippen LogP) is 1.79. The van der Waals surface area contributed by atoms with Crippen LogP contribution >= 0.6 is 15.9 Å². The zero-order valence-electron chi connectivity index (χ0n) is 5.53. The topological polar surface area (TPSA) is 38.7 Å². The predicted molar refractivity (Wildman–Crippen MR) is 45.0 cm³/mol. The summed E-state index contributed by atoms with van der Waals surface area (Å²) >= 11 is 3.35. The fraction of sp³-hybridized carbons (Fsp3) is 0. The lowest BCUT2D eigenvalue weighted by atomic mass is 10.3. The molecule has 2 aromatic rings. The molecule has 0 N–H and O–H groups in total. The zero-order valence-corrected chi connectivity index (χ0v) is 7.12. The molecule has 0 fully saturated rings. The minimum atomic E-state index is 0.856. The van der Waals surface area contributed by atoms with Gasteiger partial charge in [-0.3, -0.25) is 4.98 Å². The molecule has 0 amide bonds. The molecule has 0 aromatic carbocycles. The summed E-state index contributed by atoms with van der Waals surface area (Å²) in [6, 6.07) is 0.